The van der Waals surface area contributed by atoms with Gasteiger partial charge in [0.2, 0.25) is 5.91 Å². The van der Waals surface area contributed by atoms with Gasteiger partial charge in [0, 0.05) is 23.8 Å². The van der Waals surface area contributed by atoms with Crippen LogP contribution in [-0.2, 0) is 14.3 Å². The smallest absolute Gasteiger partial charge is 0.337 e. The minimum atomic E-state index is -0.393. The maximum Gasteiger partial charge on any atom is 0.337 e. The van der Waals surface area contributed by atoms with Crippen molar-refractivity contribution in [3.8, 4) is 0 Å². The maximum absolute atomic E-state index is 12.6. The standard InChI is InChI=1S/C24H35N3O3S/c1-6-10-11-16(7-2)22(28)25-18-14-12-17(13-15-18)21-20(23(29)30-5)19(8-3)27(9-4)24(31)26-21/h12-16,21H,6-11H2,1-5H3,(H,25,28)(H,26,31)/t16-,21-/m0/s1. The van der Waals surface area contributed by atoms with Crippen molar-refractivity contribution in [1.82, 2.24) is 10.2 Å². The lowest BCUT2D eigenvalue weighted by atomic mass is 9.93. The average Bonchev–Trinajstić information content (AvgIpc) is 2.78. The van der Waals surface area contributed by atoms with Gasteiger partial charge in [-0.25, -0.2) is 4.79 Å². The van der Waals surface area contributed by atoms with E-state index >= 15 is 0 Å². The lowest BCUT2D eigenvalue weighted by Gasteiger charge is -2.38. The number of rotatable bonds is 10. The van der Waals surface area contributed by atoms with E-state index in [1.165, 1.54) is 7.11 Å². The monoisotopic (exact) mass is 445 g/mol. The van der Waals surface area contributed by atoms with Crippen molar-refractivity contribution >= 4 is 34.9 Å². The van der Waals surface area contributed by atoms with E-state index in [1.807, 2.05) is 49.9 Å². The lowest BCUT2D eigenvalue weighted by molar-refractivity contribution is -0.136. The predicted molar refractivity (Wildman–Crippen MR) is 129 cm³/mol. The molecule has 2 rings (SSSR count). The van der Waals surface area contributed by atoms with Crippen LogP contribution >= 0.6 is 12.2 Å². The number of methoxy groups -OCH3 is 1. The van der Waals surface area contributed by atoms with Crippen molar-refractivity contribution in [2.45, 2.75) is 65.8 Å². The van der Waals surface area contributed by atoms with E-state index in [4.69, 9.17) is 17.0 Å². The third-order valence-corrected chi connectivity index (χ3v) is 6.11. The fourth-order valence-electron chi connectivity index (χ4n) is 3.99. The van der Waals surface area contributed by atoms with E-state index in [9.17, 15) is 9.59 Å². The Kier molecular flexibility index (Phi) is 9.49. The van der Waals surface area contributed by atoms with Crippen LogP contribution in [0.2, 0.25) is 0 Å². The van der Waals surface area contributed by atoms with Gasteiger partial charge in [-0.1, -0.05) is 45.7 Å². The third-order valence-electron chi connectivity index (χ3n) is 5.78. The molecule has 1 heterocycles. The Morgan fingerprint density at radius 3 is 2.39 bits per heavy atom. The molecule has 1 aromatic rings. The highest BCUT2D eigenvalue weighted by molar-refractivity contribution is 7.80. The predicted octanol–water partition coefficient (Wildman–Crippen LogP) is 4.93. The molecule has 0 saturated carbocycles. The van der Waals surface area contributed by atoms with Crippen LogP contribution < -0.4 is 10.6 Å². The Morgan fingerprint density at radius 2 is 1.87 bits per heavy atom. The summed E-state index contributed by atoms with van der Waals surface area (Å²) in [4.78, 5) is 27.2. The number of amides is 1. The first-order valence-electron chi connectivity index (χ1n) is 11.2. The molecular weight excluding hydrogens is 410 g/mol. The molecule has 6 nitrogen and oxygen atoms in total. The van der Waals surface area contributed by atoms with Crippen LogP contribution in [0.15, 0.2) is 35.5 Å². The molecule has 1 amide bonds. The van der Waals surface area contributed by atoms with Crippen LogP contribution in [0.25, 0.3) is 0 Å². The second-order valence-electron chi connectivity index (χ2n) is 7.69. The second kappa shape index (κ2) is 11.8. The second-order valence-corrected chi connectivity index (χ2v) is 8.08. The number of carbonyl (C=O) groups excluding carboxylic acids is 2. The summed E-state index contributed by atoms with van der Waals surface area (Å²) in [6.07, 6.45) is 4.53. The first-order valence-corrected chi connectivity index (χ1v) is 11.6. The quantitative estimate of drug-likeness (QED) is 0.393. The molecule has 1 aromatic carbocycles. The summed E-state index contributed by atoms with van der Waals surface area (Å²) in [5.74, 6) is -0.282. The van der Waals surface area contributed by atoms with Gasteiger partial charge in [-0.05, 0) is 56.1 Å². The molecule has 31 heavy (non-hydrogen) atoms. The first kappa shape index (κ1) is 24.9. The average molecular weight is 446 g/mol. The number of allylic oxidation sites excluding steroid dienone is 1. The van der Waals surface area contributed by atoms with Crippen molar-refractivity contribution in [1.29, 1.82) is 0 Å². The number of hydrogen-bond donors (Lipinski definition) is 2. The molecule has 2 atom stereocenters. The number of benzene rings is 1. The maximum atomic E-state index is 12.6. The Balaban J connectivity index is 2.28. The number of unbranched alkanes of at least 4 members (excludes halogenated alkanes) is 1. The van der Waals surface area contributed by atoms with Crippen LogP contribution in [0.5, 0.6) is 0 Å². The van der Waals surface area contributed by atoms with Gasteiger partial charge in [-0.15, -0.1) is 0 Å². The fourth-order valence-corrected chi connectivity index (χ4v) is 4.35. The Morgan fingerprint density at radius 1 is 1.19 bits per heavy atom. The van der Waals surface area contributed by atoms with Gasteiger partial charge in [0.15, 0.2) is 5.11 Å². The zero-order valence-electron chi connectivity index (χ0n) is 19.3. The molecule has 0 saturated heterocycles. The largest absolute Gasteiger partial charge is 0.466 e. The molecule has 170 valence electrons. The Bertz CT molecular complexity index is 820. The molecule has 0 aromatic heterocycles. The highest BCUT2D eigenvalue weighted by Gasteiger charge is 2.35. The first-order chi connectivity index (χ1) is 14.9. The molecule has 0 radical (unpaired) electrons. The number of nitrogens with one attached hydrogen (secondary N) is 2. The molecule has 0 bridgehead atoms. The molecule has 0 aliphatic carbocycles. The van der Waals surface area contributed by atoms with Crippen molar-refractivity contribution in [3.63, 3.8) is 0 Å². The van der Waals surface area contributed by atoms with Gasteiger partial charge in [-0.2, -0.15) is 0 Å². The molecule has 0 fully saturated rings. The van der Waals surface area contributed by atoms with E-state index in [-0.39, 0.29) is 17.8 Å². The van der Waals surface area contributed by atoms with Crippen LogP contribution in [0.3, 0.4) is 0 Å². The summed E-state index contributed by atoms with van der Waals surface area (Å²) < 4.78 is 5.09. The minimum Gasteiger partial charge on any atom is -0.466 e. The van der Waals surface area contributed by atoms with Crippen molar-refractivity contribution in [2.75, 3.05) is 19.0 Å². The number of anilines is 1. The highest BCUT2D eigenvalue weighted by atomic mass is 32.1. The summed E-state index contributed by atoms with van der Waals surface area (Å²) >= 11 is 5.55. The summed E-state index contributed by atoms with van der Waals surface area (Å²) in [5, 5.41) is 6.90. The van der Waals surface area contributed by atoms with E-state index in [0.717, 1.165) is 42.6 Å². The van der Waals surface area contributed by atoms with E-state index in [2.05, 4.69) is 17.6 Å². The molecule has 2 N–H and O–H groups in total. The summed E-state index contributed by atoms with van der Waals surface area (Å²) in [6, 6.07) is 7.19. The van der Waals surface area contributed by atoms with Gasteiger partial charge in [0.25, 0.3) is 0 Å². The molecule has 0 spiro atoms. The van der Waals surface area contributed by atoms with Crippen molar-refractivity contribution in [2.24, 2.45) is 5.92 Å². The summed E-state index contributed by atoms with van der Waals surface area (Å²) in [5.41, 5.74) is 3.09. The number of carbonyl (C=O) groups is 2. The topological polar surface area (TPSA) is 70.7 Å². The van der Waals surface area contributed by atoms with Crippen molar-refractivity contribution < 1.29 is 14.3 Å². The van der Waals surface area contributed by atoms with E-state index in [1.54, 1.807) is 0 Å². The number of nitrogens with zero attached hydrogens (tertiary/aromatic N) is 1. The molecular formula is C24H35N3O3S. The van der Waals surface area contributed by atoms with Crippen LogP contribution in [0.4, 0.5) is 5.69 Å². The molecule has 7 heteroatoms. The molecule has 1 aliphatic heterocycles. The zero-order valence-corrected chi connectivity index (χ0v) is 20.1. The Labute approximate surface area is 191 Å². The van der Waals surface area contributed by atoms with Gasteiger partial charge < -0.3 is 20.3 Å². The SMILES string of the molecule is CCCC[C@H](CC)C(=O)Nc1ccc([C@@H]2NC(=S)N(CC)C(CC)=C2C(=O)OC)cc1. The van der Waals surface area contributed by atoms with Gasteiger partial charge in [0.1, 0.15) is 0 Å². The van der Waals surface area contributed by atoms with Gasteiger partial charge in [-0.3, -0.25) is 4.79 Å². The van der Waals surface area contributed by atoms with Crippen molar-refractivity contribution in [3.05, 3.63) is 41.1 Å². The number of esters is 1. The van der Waals surface area contributed by atoms with Crippen LogP contribution in [0.1, 0.15) is 71.4 Å². The van der Waals surface area contributed by atoms with E-state index in [0.29, 0.717) is 23.7 Å². The van der Waals surface area contributed by atoms with Gasteiger partial charge in [0.05, 0.1) is 18.7 Å². The fraction of sp³-hybridized carbons (Fsp3) is 0.542. The lowest BCUT2D eigenvalue weighted by Crippen LogP contribution is -2.48. The minimum absolute atomic E-state index is 0.0259. The number of hydrogen-bond acceptors (Lipinski definition) is 4. The third kappa shape index (κ3) is 5.85. The molecule has 0 unspecified atom stereocenters. The summed E-state index contributed by atoms with van der Waals surface area (Å²) in [7, 11) is 1.39. The summed E-state index contributed by atoms with van der Waals surface area (Å²) in [6.45, 7) is 8.86. The van der Waals surface area contributed by atoms with Crippen LogP contribution in [-0.4, -0.2) is 35.5 Å². The number of ether oxygens (including phenoxy) is 1. The van der Waals surface area contributed by atoms with E-state index < -0.39 is 6.04 Å². The zero-order chi connectivity index (χ0) is 23.0. The highest BCUT2D eigenvalue weighted by Crippen LogP contribution is 2.33. The number of thiocarbonyl (C=S) groups is 1. The molecule has 1 aliphatic rings. The normalized spacial score (nSPS) is 17.3. The Hall–Kier alpha value is -2.41. The van der Waals surface area contributed by atoms with Crippen LogP contribution in [0, 0.1) is 5.92 Å². The van der Waals surface area contributed by atoms with Gasteiger partial charge >= 0.3 is 5.97 Å².